The molecule has 0 aromatic heterocycles. The highest BCUT2D eigenvalue weighted by Crippen LogP contribution is 2.36. The fourth-order valence-electron chi connectivity index (χ4n) is 3.92. The molecule has 0 radical (unpaired) electrons. The number of carbonyl (C=O) groups is 1. The topological polar surface area (TPSA) is 66.5 Å². The van der Waals surface area contributed by atoms with Crippen LogP contribution in [0.5, 0.6) is 0 Å². The van der Waals surface area contributed by atoms with Gasteiger partial charge in [-0.05, 0) is 59.5 Å². The normalized spacial score (nSPS) is 16.4. The molecule has 0 saturated heterocycles. The van der Waals surface area contributed by atoms with Crippen LogP contribution in [0.4, 0.5) is 4.39 Å². The van der Waals surface area contributed by atoms with Gasteiger partial charge in [0.2, 0.25) is 15.9 Å². The molecule has 8 heteroatoms. The van der Waals surface area contributed by atoms with Crippen LogP contribution in [0, 0.1) is 5.82 Å². The van der Waals surface area contributed by atoms with E-state index >= 15 is 0 Å². The molecule has 1 aliphatic rings. The van der Waals surface area contributed by atoms with E-state index in [1.165, 1.54) is 40.7 Å². The maximum absolute atomic E-state index is 13.4. The van der Waals surface area contributed by atoms with E-state index in [9.17, 15) is 17.6 Å². The molecule has 3 aromatic carbocycles. The summed E-state index contributed by atoms with van der Waals surface area (Å²) in [5, 5.41) is 3.26. The average Bonchev–Trinajstić information content (AvgIpc) is 2.79. The fraction of sp³-hybridized carbons (Fsp3) is 0.208. The fourth-order valence-corrected chi connectivity index (χ4v) is 5.65. The maximum atomic E-state index is 13.4. The molecule has 1 heterocycles. The quantitative estimate of drug-likeness (QED) is 0.575. The first-order valence-electron chi connectivity index (χ1n) is 10.2. The molecule has 1 amide bonds. The van der Waals surface area contributed by atoms with Crippen LogP contribution < -0.4 is 5.32 Å². The monoisotopic (exact) mass is 472 g/mol. The number of nitrogens with one attached hydrogen (secondary N) is 1. The number of benzene rings is 3. The zero-order chi connectivity index (χ0) is 22.7. The van der Waals surface area contributed by atoms with Gasteiger partial charge in [0.1, 0.15) is 5.82 Å². The lowest BCUT2D eigenvalue weighted by Gasteiger charge is -2.36. The summed E-state index contributed by atoms with van der Waals surface area (Å²) in [6.45, 7) is 0.509. The molecule has 3 aromatic rings. The SMILES string of the molecule is O=C(C[C@H]1c2ccccc2CCN1S(=O)(=O)c1ccc(Cl)cc1)NCc1ccc(F)cc1. The number of sulfonamides is 1. The van der Waals surface area contributed by atoms with Crippen molar-refractivity contribution in [2.75, 3.05) is 6.54 Å². The lowest BCUT2D eigenvalue weighted by atomic mass is 9.92. The molecule has 4 rings (SSSR count). The van der Waals surface area contributed by atoms with Crippen LogP contribution in [0.15, 0.2) is 77.7 Å². The zero-order valence-corrected chi connectivity index (χ0v) is 18.7. The van der Waals surface area contributed by atoms with Crippen LogP contribution >= 0.6 is 11.6 Å². The Kier molecular flexibility index (Phi) is 6.60. The Morgan fingerprint density at radius 3 is 2.44 bits per heavy atom. The Labute approximate surface area is 191 Å². The third-order valence-corrected chi connectivity index (χ3v) is 7.74. The lowest BCUT2D eigenvalue weighted by molar-refractivity contribution is -0.122. The van der Waals surface area contributed by atoms with Crippen molar-refractivity contribution in [2.24, 2.45) is 0 Å². The Balaban J connectivity index is 1.58. The van der Waals surface area contributed by atoms with E-state index in [2.05, 4.69) is 5.32 Å². The number of hydrogen-bond donors (Lipinski definition) is 1. The van der Waals surface area contributed by atoms with Gasteiger partial charge in [-0.25, -0.2) is 12.8 Å². The summed E-state index contributed by atoms with van der Waals surface area (Å²) in [6.07, 6.45) is 0.543. The summed E-state index contributed by atoms with van der Waals surface area (Å²) in [5.41, 5.74) is 2.62. The van der Waals surface area contributed by atoms with Gasteiger partial charge >= 0.3 is 0 Å². The number of carbonyl (C=O) groups excluding carboxylic acids is 1. The highest BCUT2D eigenvalue weighted by molar-refractivity contribution is 7.89. The van der Waals surface area contributed by atoms with E-state index in [0.29, 0.717) is 11.4 Å². The number of amides is 1. The molecule has 0 unspecified atom stereocenters. The van der Waals surface area contributed by atoms with E-state index in [1.54, 1.807) is 12.1 Å². The minimum Gasteiger partial charge on any atom is -0.352 e. The highest BCUT2D eigenvalue weighted by atomic mass is 35.5. The Morgan fingerprint density at radius 2 is 1.72 bits per heavy atom. The molecule has 1 atom stereocenters. The number of rotatable bonds is 6. The van der Waals surface area contributed by atoms with Crippen molar-refractivity contribution in [1.29, 1.82) is 0 Å². The number of hydrogen-bond acceptors (Lipinski definition) is 3. The van der Waals surface area contributed by atoms with Gasteiger partial charge in [-0.3, -0.25) is 4.79 Å². The van der Waals surface area contributed by atoms with Gasteiger partial charge in [0.05, 0.1) is 10.9 Å². The maximum Gasteiger partial charge on any atom is 0.243 e. The van der Waals surface area contributed by atoms with Crippen LogP contribution in [-0.4, -0.2) is 25.2 Å². The second-order valence-corrected chi connectivity index (χ2v) is 9.97. The summed E-state index contributed by atoms with van der Waals surface area (Å²) < 4.78 is 41.3. The van der Waals surface area contributed by atoms with E-state index in [0.717, 1.165) is 16.7 Å². The molecule has 0 saturated carbocycles. The van der Waals surface area contributed by atoms with Gasteiger partial charge < -0.3 is 5.32 Å². The summed E-state index contributed by atoms with van der Waals surface area (Å²) in [6, 6.07) is 18.9. The molecule has 1 N–H and O–H groups in total. The molecule has 0 bridgehead atoms. The van der Waals surface area contributed by atoms with Gasteiger partial charge in [-0.1, -0.05) is 48.0 Å². The highest BCUT2D eigenvalue weighted by Gasteiger charge is 2.37. The predicted octanol–water partition coefficient (Wildman–Crippen LogP) is 4.47. The first-order valence-corrected chi connectivity index (χ1v) is 12.0. The van der Waals surface area contributed by atoms with E-state index < -0.39 is 16.1 Å². The van der Waals surface area contributed by atoms with Gasteiger partial charge in [-0.2, -0.15) is 4.31 Å². The first kappa shape index (κ1) is 22.5. The molecule has 1 aliphatic heterocycles. The van der Waals surface area contributed by atoms with Gasteiger partial charge in [-0.15, -0.1) is 0 Å². The van der Waals surface area contributed by atoms with Crippen molar-refractivity contribution in [3.05, 3.63) is 100 Å². The van der Waals surface area contributed by atoms with Crippen molar-refractivity contribution < 1.29 is 17.6 Å². The molecule has 166 valence electrons. The van der Waals surface area contributed by atoms with E-state index in [-0.39, 0.29) is 36.1 Å². The number of nitrogens with zero attached hydrogens (tertiary/aromatic N) is 1. The average molecular weight is 473 g/mol. The standard InChI is InChI=1S/C24H22ClFN2O3S/c25-19-7-11-21(12-8-19)32(30,31)28-14-13-18-3-1-2-4-22(18)23(28)15-24(29)27-16-17-5-9-20(26)10-6-17/h1-12,23H,13-16H2,(H,27,29)/t23-/m0/s1. The Hall–Kier alpha value is -2.74. The summed E-state index contributed by atoms with van der Waals surface area (Å²) >= 11 is 5.92. The second kappa shape index (κ2) is 9.40. The largest absolute Gasteiger partial charge is 0.352 e. The van der Waals surface area contributed by atoms with Crippen molar-refractivity contribution in [2.45, 2.75) is 30.3 Å². The van der Waals surface area contributed by atoms with Crippen LogP contribution in [0.25, 0.3) is 0 Å². The molecular formula is C24H22ClFN2O3S. The van der Waals surface area contributed by atoms with E-state index in [1.807, 2.05) is 24.3 Å². The molecule has 0 aliphatic carbocycles. The summed E-state index contributed by atoms with van der Waals surface area (Å²) in [7, 11) is -3.84. The third kappa shape index (κ3) is 4.85. The van der Waals surface area contributed by atoms with Gasteiger partial charge in [0, 0.05) is 24.5 Å². The van der Waals surface area contributed by atoms with Crippen LogP contribution in [0.2, 0.25) is 5.02 Å². The molecular weight excluding hydrogens is 451 g/mol. The first-order chi connectivity index (χ1) is 15.3. The summed E-state index contributed by atoms with van der Waals surface area (Å²) in [5.74, 6) is -0.630. The van der Waals surface area contributed by atoms with Crippen molar-refractivity contribution >= 4 is 27.5 Å². The van der Waals surface area contributed by atoms with Crippen LogP contribution in [-0.2, 0) is 27.8 Å². The third-order valence-electron chi connectivity index (χ3n) is 5.57. The number of fused-ring (bicyclic) bond motifs is 1. The smallest absolute Gasteiger partial charge is 0.243 e. The predicted molar refractivity (Wildman–Crippen MR) is 121 cm³/mol. The molecule has 0 fully saturated rings. The number of halogens is 2. The van der Waals surface area contributed by atoms with Gasteiger partial charge in [0.15, 0.2) is 0 Å². The second-order valence-electron chi connectivity index (χ2n) is 7.64. The lowest BCUT2D eigenvalue weighted by Crippen LogP contribution is -2.42. The van der Waals surface area contributed by atoms with Crippen molar-refractivity contribution in [3.63, 3.8) is 0 Å². The minimum absolute atomic E-state index is 0.0228. The Morgan fingerprint density at radius 1 is 1.03 bits per heavy atom. The van der Waals surface area contributed by atoms with Crippen LogP contribution in [0.1, 0.15) is 29.2 Å². The van der Waals surface area contributed by atoms with Crippen molar-refractivity contribution in [3.8, 4) is 0 Å². The van der Waals surface area contributed by atoms with Crippen molar-refractivity contribution in [1.82, 2.24) is 9.62 Å². The summed E-state index contributed by atoms with van der Waals surface area (Å²) in [4.78, 5) is 12.9. The molecule has 5 nitrogen and oxygen atoms in total. The van der Waals surface area contributed by atoms with E-state index in [4.69, 9.17) is 11.6 Å². The molecule has 32 heavy (non-hydrogen) atoms. The molecule has 0 spiro atoms. The van der Waals surface area contributed by atoms with Gasteiger partial charge in [0.25, 0.3) is 0 Å². The van der Waals surface area contributed by atoms with Crippen LogP contribution in [0.3, 0.4) is 0 Å². The Bertz CT molecular complexity index is 1210. The zero-order valence-electron chi connectivity index (χ0n) is 17.2. The minimum atomic E-state index is -3.84.